The molecule has 0 aliphatic carbocycles. The summed E-state index contributed by atoms with van der Waals surface area (Å²) in [6.07, 6.45) is 0.959. The number of benzene rings is 1. The molecule has 0 spiro atoms. The summed E-state index contributed by atoms with van der Waals surface area (Å²) in [6.45, 7) is -0.549. The Kier molecular flexibility index (Phi) is 5.51. The number of halogens is 1. The first-order valence-electron chi connectivity index (χ1n) is 8.05. The fraction of sp³-hybridized carbons (Fsp3) is 0.118. The highest BCUT2D eigenvalue weighted by atomic mass is 32.2. The topological polar surface area (TPSA) is 142 Å². The van der Waals surface area contributed by atoms with Crippen LogP contribution in [0, 0.1) is 17.1 Å². The molecule has 0 saturated carbocycles. The highest BCUT2D eigenvalue weighted by Gasteiger charge is 2.28. The third-order valence-corrected chi connectivity index (χ3v) is 5.55. The lowest BCUT2D eigenvalue weighted by Gasteiger charge is -2.15. The van der Waals surface area contributed by atoms with Crippen molar-refractivity contribution < 1.29 is 22.7 Å². The molecular weight excluding hydrogens is 403 g/mol. The van der Waals surface area contributed by atoms with Gasteiger partial charge in [0.2, 0.25) is 0 Å². The van der Waals surface area contributed by atoms with Gasteiger partial charge < -0.3 is 5.11 Å². The molecule has 1 aromatic carbocycles. The van der Waals surface area contributed by atoms with E-state index in [2.05, 4.69) is 15.3 Å². The number of carboxylic acid groups (broad SMARTS) is 1. The molecule has 0 fully saturated rings. The van der Waals surface area contributed by atoms with E-state index >= 15 is 0 Å². The van der Waals surface area contributed by atoms with Crippen LogP contribution in [0.4, 0.5) is 9.18 Å². The summed E-state index contributed by atoms with van der Waals surface area (Å²) in [4.78, 5) is 14.8. The van der Waals surface area contributed by atoms with Crippen molar-refractivity contribution in [1.29, 1.82) is 5.26 Å². The summed E-state index contributed by atoms with van der Waals surface area (Å²) < 4.78 is 39.2. The molecule has 0 atom stereocenters. The third kappa shape index (κ3) is 4.36. The van der Waals surface area contributed by atoms with Gasteiger partial charge in [-0.25, -0.2) is 22.3 Å². The zero-order valence-electron chi connectivity index (χ0n) is 14.7. The van der Waals surface area contributed by atoms with Crippen LogP contribution in [0.15, 0.2) is 53.7 Å². The first-order chi connectivity index (χ1) is 13.8. The number of sulfonamides is 1. The van der Waals surface area contributed by atoms with E-state index in [1.54, 1.807) is 6.20 Å². The van der Waals surface area contributed by atoms with Gasteiger partial charge in [-0.1, -0.05) is 17.3 Å². The second-order valence-electron chi connectivity index (χ2n) is 5.75. The molecule has 10 nitrogen and oxygen atoms in total. The van der Waals surface area contributed by atoms with Crippen LogP contribution in [0.2, 0.25) is 0 Å². The molecule has 2 aromatic heterocycles. The lowest BCUT2D eigenvalue weighted by molar-refractivity contribution is 0.175. The highest BCUT2D eigenvalue weighted by Crippen LogP contribution is 2.21. The number of amides is 1. The monoisotopic (exact) mass is 416 g/mol. The zero-order chi connectivity index (χ0) is 21.0. The lowest BCUT2D eigenvalue weighted by atomic mass is 10.2. The van der Waals surface area contributed by atoms with Crippen molar-refractivity contribution in [2.75, 3.05) is 6.54 Å². The first-order valence-corrected chi connectivity index (χ1v) is 9.49. The van der Waals surface area contributed by atoms with Gasteiger partial charge in [0, 0.05) is 5.56 Å². The molecule has 3 rings (SSSR count). The van der Waals surface area contributed by atoms with Gasteiger partial charge in [-0.2, -0.15) is 9.57 Å². The number of rotatable bonds is 6. The quantitative estimate of drug-likeness (QED) is 0.599. The number of nitrogens with zero attached hydrogens (tertiary/aromatic N) is 6. The molecule has 0 saturated heterocycles. The van der Waals surface area contributed by atoms with E-state index in [9.17, 15) is 17.6 Å². The summed E-state index contributed by atoms with van der Waals surface area (Å²) >= 11 is 0. The predicted octanol–water partition coefficient (Wildman–Crippen LogP) is 1.72. The summed E-state index contributed by atoms with van der Waals surface area (Å²) in [7, 11) is -4.37. The van der Waals surface area contributed by atoms with Crippen LogP contribution >= 0.6 is 0 Å². The third-order valence-electron chi connectivity index (χ3n) is 3.82. The number of nitriles is 1. The largest absolute Gasteiger partial charge is 0.464 e. The van der Waals surface area contributed by atoms with Crippen molar-refractivity contribution in [3.8, 4) is 17.3 Å². The van der Waals surface area contributed by atoms with E-state index in [0.717, 1.165) is 6.20 Å². The van der Waals surface area contributed by atoms with Gasteiger partial charge in [0.05, 0.1) is 35.6 Å². The van der Waals surface area contributed by atoms with Crippen molar-refractivity contribution in [2.45, 2.75) is 11.4 Å². The molecule has 0 aliphatic rings. The fourth-order valence-corrected chi connectivity index (χ4v) is 3.59. The maximum absolute atomic E-state index is 12.9. The Balaban J connectivity index is 1.80. The molecule has 148 valence electrons. The Morgan fingerprint density at radius 1 is 1.24 bits per heavy atom. The minimum atomic E-state index is -4.37. The van der Waals surface area contributed by atoms with E-state index in [0.29, 0.717) is 17.0 Å². The smallest absolute Gasteiger partial charge is 0.422 e. The Bertz CT molecular complexity index is 1170. The lowest BCUT2D eigenvalue weighted by Crippen LogP contribution is -2.36. The second kappa shape index (κ2) is 8.03. The molecule has 2 heterocycles. The number of aromatic nitrogens is 4. The normalized spacial score (nSPS) is 11.0. The average molecular weight is 416 g/mol. The second-order valence-corrected chi connectivity index (χ2v) is 7.61. The van der Waals surface area contributed by atoms with Crippen molar-refractivity contribution in [2.24, 2.45) is 0 Å². The van der Waals surface area contributed by atoms with Crippen LogP contribution in [0.3, 0.4) is 0 Å². The van der Waals surface area contributed by atoms with E-state index < -0.39 is 28.5 Å². The molecule has 0 bridgehead atoms. The molecule has 1 N–H and O–H groups in total. The predicted molar refractivity (Wildman–Crippen MR) is 96.3 cm³/mol. The number of pyridine rings is 1. The fourth-order valence-electron chi connectivity index (χ4n) is 2.42. The Hall–Kier alpha value is -3.85. The van der Waals surface area contributed by atoms with E-state index in [-0.39, 0.29) is 15.7 Å². The standard InChI is InChI=1S/C17H13FN6O4S/c18-13-3-4-14(20-9-13)10-23-11-16(21-22-23)12-1-5-15(6-2-12)29(27,28)24(8-7-19)17(25)26/h1-6,9,11H,8,10H2,(H,25,26). The maximum Gasteiger partial charge on any atom is 0.422 e. The van der Waals surface area contributed by atoms with Gasteiger partial charge in [0.1, 0.15) is 18.1 Å². The average Bonchev–Trinajstić information content (AvgIpc) is 3.16. The van der Waals surface area contributed by atoms with Crippen molar-refractivity contribution in [1.82, 2.24) is 24.3 Å². The SMILES string of the molecule is N#CCN(C(=O)O)S(=O)(=O)c1ccc(-c2cn(Cc3ccc(F)cn3)nn2)cc1. The van der Waals surface area contributed by atoms with Crippen LogP contribution in [-0.2, 0) is 16.6 Å². The Labute approximate surface area is 164 Å². The van der Waals surface area contributed by atoms with E-state index in [1.807, 2.05) is 0 Å². The molecule has 1 amide bonds. The van der Waals surface area contributed by atoms with Gasteiger partial charge in [0.25, 0.3) is 10.0 Å². The molecule has 12 heteroatoms. The summed E-state index contributed by atoms with van der Waals surface area (Å²) in [5.74, 6) is -0.445. The van der Waals surface area contributed by atoms with Gasteiger partial charge in [-0.05, 0) is 24.3 Å². The molecule has 0 radical (unpaired) electrons. The molecule has 3 aromatic rings. The van der Waals surface area contributed by atoms with E-state index in [4.69, 9.17) is 10.4 Å². The number of carbonyl (C=O) groups is 1. The molecule has 0 unspecified atom stereocenters. The summed E-state index contributed by atoms with van der Waals surface area (Å²) in [5, 5.41) is 25.6. The number of hydrogen-bond acceptors (Lipinski definition) is 7. The highest BCUT2D eigenvalue weighted by molar-refractivity contribution is 7.89. The number of hydrogen-bond donors (Lipinski definition) is 1. The van der Waals surface area contributed by atoms with Gasteiger partial charge in [-0.3, -0.25) is 4.98 Å². The van der Waals surface area contributed by atoms with Crippen LogP contribution in [0.5, 0.6) is 0 Å². The van der Waals surface area contributed by atoms with Crippen molar-refractivity contribution in [3.63, 3.8) is 0 Å². The van der Waals surface area contributed by atoms with Crippen LogP contribution in [0.25, 0.3) is 11.3 Å². The Morgan fingerprint density at radius 2 is 1.97 bits per heavy atom. The van der Waals surface area contributed by atoms with Crippen LogP contribution in [-0.4, -0.2) is 50.4 Å². The van der Waals surface area contributed by atoms with Crippen molar-refractivity contribution >= 4 is 16.1 Å². The first kappa shape index (κ1) is 19.9. The summed E-state index contributed by atoms with van der Waals surface area (Å²) in [6, 6.07) is 9.65. The van der Waals surface area contributed by atoms with Crippen LogP contribution in [0.1, 0.15) is 5.69 Å². The van der Waals surface area contributed by atoms with Crippen LogP contribution < -0.4 is 0 Å². The molecule has 29 heavy (non-hydrogen) atoms. The van der Waals surface area contributed by atoms with Gasteiger partial charge in [0.15, 0.2) is 0 Å². The van der Waals surface area contributed by atoms with Gasteiger partial charge >= 0.3 is 6.09 Å². The summed E-state index contributed by atoms with van der Waals surface area (Å²) in [5.41, 5.74) is 1.57. The minimum absolute atomic E-state index is 0.0635. The molecule has 0 aliphatic heterocycles. The van der Waals surface area contributed by atoms with E-state index in [1.165, 1.54) is 47.1 Å². The van der Waals surface area contributed by atoms with Crippen molar-refractivity contribution in [3.05, 3.63) is 60.3 Å². The Morgan fingerprint density at radius 3 is 2.55 bits per heavy atom. The van der Waals surface area contributed by atoms with Gasteiger partial charge in [-0.15, -0.1) is 5.10 Å². The molecular formula is C17H13FN6O4S. The minimum Gasteiger partial charge on any atom is -0.464 e. The zero-order valence-corrected chi connectivity index (χ0v) is 15.5. The maximum atomic E-state index is 12.9.